The van der Waals surface area contributed by atoms with Crippen molar-refractivity contribution in [2.45, 2.75) is 18.6 Å². The molecule has 8 heteroatoms. The summed E-state index contributed by atoms with van der Waals surface area (Å²) in [6, 6.07) is 5.76. The smallest absolute Gasteiger partial charge is 0.303 e. The Hall–Kier alpha value is -1.96. The van der Waals surface area contributed by atoms with Crippen LogP contribution in [0.3, 0.4) is 0 Å². The van der Waals surface area contributed by atoms with Gasteiger partial charge in [-0.1, -0.05) is 18.2 Å². The number of rotatable bonds is 3. The van der Waals surface area contributed by atoms with Gasteiger partial charge in [-0.15, -0.1) is 0 Å². The summed E-state index contributed by atoms with van der Waals surface area (Å²) < 4.78 is 43.4. The predicted molar refractivity (Wildman–Crippen MR) is 80.8 cm³/mol. The topological polar surface area (TPSA) is 80.8 Å². The predicted octanol–water partition coefficient (Wildman–Crippen LogP) is 1.08. The summed E-state index contributed by atoms with van der Waals surface area (Å²) in [5.41, 5.74) is 0.127. The van der Waals surface area contributed by atoms with Crippen molar-refractivity contribution in [3.8, 4) is 0 Å². The van der Waals surface area contributed by atoms with E-state index in [1.807, 2.05) is 0 Å². The molecule has 0 N–H and O–H groups in total. The van der Waals surface area contributed by atoms with Gasteiger partial charge in [-0.25, -0.2) is 12.8 Å². The number of ether oxygens (including phenoxy) is 1. The second-order valence-corrected chi connectivity index (χ2v) is 7.63. The number of nitrogens with zero attached hydrogens (tertiary/aromatic N) is 1. The molecule has 126 valence electrons. The van der Waals surface area contributed by atoms with E-state index in [0.717, 1.165) is 0 Å². The molecule has 1 saturated heterocycles. The van der Waals surface area contributed by atoms with Gasteiger partial charge in [-0.2, -0.15) is 0 Å². The number of halogens is 1. The molecule has 1 aliphatic heterocycles. The van der Waals surface area contributed by atoms with Gasteiger partial charge in [0.05, 0.1) is 11.0 Å². The van der Waals surface area contributed by atoms with Crippen molar-refractivity contribution in [1.82, 2.24) is 4.90 Å². The molecule has 1 aromatic rings. The van der Waals surface area contributed by atoms with E-state index in [1.54, 1.807) is 6.07 Å². The standard InChI is InChI=1S/C15H18FNO5S/c1-11(18)22-10-15(19)17-7-6-14(23(20,21)9-8-17)12-4-2-3-5-13(12)16/h2-5,14H,6-10H2,1H3. The summed E-state index contributed by atoms with van der Waals surface area (Å²) in [7, 11) is -3.57. The molecule has 0 aliphatic carbocycles. The van der Waals surface area contributed by atoms with Gasteiger partial charge in [0.25, 0.3) is 5.91 Å². The van der Waals surface area contributed by atoms with Gasteiger partial charge in [0.1, 0.15) is 5.82 Å². The van der Waals surface area contributed by atoms with Gasteiger partial charge < -0.3 is 9.64 Å². The largest absolute Gasteiger partial charge is 0.456 e. The van der Waals surface area contributed by atoms with Gasteiger partial charge >= 0.3 is 5.97 Å². The molecule has 0 aromatic heterocycles. The first kappa shape index (κ1) is 17.4. The molecular formula is C15H18FNO5S. The summed E-state index contributed by atoms with van der Waals surface area (Å²) in [6.07, 6.45) is 0.106. The third kappa shape index (κ3) is 4.28. The van der Waals surface area contributed by atoms with Crippen LogP contribution in [0.15, 0.2) is 24.3 Å². The number of carbonyl (C=O) groups is 2. The van der Waals surface area contributed by atoms with Crippen molar-refractivity contribution in [3.63, 3.8) is 0 Å². The highest BCUT2D eigenvalue weighted by atomic mass is 32.2. The summed E-state index contributed by atoms with van der Waals surface area (Å²) in [4.78, 5) is 24.0. The Morgan fingerprint density at radius 3 is 2.65 bits per heavy atom. The van der Waals surface area contributed by atoms with Crippen LogP contribution in [0.4, 0.5) is 4.39 Å². The monoisotopic (exact) mass is 343 g/mol. The number of carbonyl (C=O) groups excluding carboxylic acids is 2. The zero-order chi connectivity index (χ0) is 17.0. The summed E-state index contributed by atoms with van der Waals surface area (Å²) in [5, 5.41) is -0.977. The molecule has 0 spiro atoms. The second-order valence-electron chi connectivity index (χ2n) is 5.33. The molecule has 0 saturated carbocycles. The number of hydrogen-bond donors (Lipinski definition) is 0. The van der Waals surface area contributed by atoms with Crippen LogP contribution in [-0.4, -0.2) is 50.6 Å². The summed E-state index contributed by atoms with van der Waals surface area (Å²) in [6.45, 7) is 0.944. The second kappa shape index (κ2) is 7.08. The molecule has 1 atom stereocenters. The molecule has 1 aromatic carbocycles. The van der Waals surface area contributed by atoms with Gasteiger partial charge in [0.2, 0.25) is 0 Å². The average Bonchev–Trinajstić information content (AvgIpc) is 2.64. The molecule has 1 fully saturated rings. The normalized spacial score (nSPS) is 20.6. The van der Waals surface area contributed by atoms with E-state index in [1.165, 1.54) is 30.0 Å². The Labute approximate surface area is 134 Å². The van der Waals surface area contributed by atoms with Gasteiger partial charge in [-0.3, -0.25) is 9.59 Å². The van der Waals surface area contributed by atoms with E-state index in [2.05, 4.69) is 4.74 Å². The van der Waals surface area contributed by atoms with Crippen LogP contribution in [0.1, 0.15) is 24.2 Å². The van der Waals surface area contributed by atoms with E-state index in [0.29, 0.717) is 0 Å². The lowest BCUT2D eigenvalue weighted by Gasteiger charge is -2.19. The van der Waals surface area contributed by atoms with E-state index >= 15 is 0 Å². The first-order valence-electron chi connectivity index (χ1n) is 7.18. The maximum atomic E-state index is 13.9. The molecule has 1 unspecified atom stereocenters. The van der Waals surface area contributed by atoms with Crippen LogP contribution < -0.4 is 0 Å². The van der Waals surface area contributed by atoms with E-state index < -0.39 is 39.4 Å². The van der Waals surface area contributed by atoms with Crippen molar-refractivity contribution in [1.29, 1.82) is 0 Å². The summed E-state index contributed by atoms with van der Waals surface area (Å²) >= 11 is 0. The van der Waals surface area contributed by atoms with Crippen molar-refractivity contribution in [2.24, 2.45) is 0 Å². The third-order valence-corrected chi connectivity index (χ3v) is 5.85. The SMILES string of the molecule is CC(=O)OCC(=O)N1CCC(c2ccccc2F)S(=O)(=O)CC1. The quantitative estimate of drug-likeness (QED) is 0.767. The fourth-order valence-electron chi connectivity index (χ4n) is 2.53. The zero-order valence-electron chi connectivity index (χ0n) is 12.7. The number of hydrogen-bond acceptors (Lipinski definition) is 5. The van der Waals surface area contributed by atoms with E-state index in [-0.39, 0.29) is 30.8 Å². The third-order valence-electron chi connectivity index (χ3n) is 3.74. The van der Waals surface area contributed by atoms with Gasteiger partial charge in [0, 0.05) is 25.6 Å². The van der Waals surface area contributed by atoms with Gasteiger partial charge in [0.15, 0.2) is 16.4 Å². The number of sulfone groups is 1. The molecular weight excluding hydrogens is 325 g/mol. The lowest BCUT2D eigenvalue weighted by molar-refractivity contribution is -0.150. The molecule has 1 heterocycles. The number of benzene rings is 1. The minimum atomic E-state index is -3.57. The molecule has 23 heavy (non-hydrogen) atoms. The van der Waals surface area contributed by atoms with Gasteiger partial charge in [-0.05, 0) is 12.5 Å². The maximum absolute atomic E-state index is 13.9. The molecule has 0 radical (unpaired) electrons. The minimum absolute atomic E-state index is 0.00733. The Kier molecular flexibility index (Phi) is 5.35. The summed E-state index contributed by atoms with van der Waals surface area (Å²) in [5.74, 6) is -1.85. The fraction of sp³-hybridized carbons (Fsp3) is 0.467. The van der Waals surface area contributed by atoms with Crippen LogP contribution in [0, 0.1) is 5.82 Å². The zero-order valence-corrected chi connectivity index (χ0v) is 13.5. The minimum Gasteiger partial charge on any atom is -0.456 e. The Bertz CT molecular complexity index is 704. The first-order valence-corrected chi connectivity index (χ1v) is 8.90. The maximum Gasteiger partial charge on any atom is 0.303 e. The van der Waals surface area contributed by atoms with Crippen molar-refractivity contribution >= 4 is 21.7 Å². The number of esters is 1. The fourth-order valence-corrected chi connectivity index (χ4v) is 4.34. The highest BCUT2D eigenvalue weighted by molar-refractivity contribution is 7.91. The van der Waals surface area contributed by atoms with Crippen molar-refractivity contribution in [3.05, 3.63) is 35.6 Å². The average molecular weight is 343 g/mol. The highest BCUT2D eigenvalue weighted by Crippen LogP contribution is 2.31. The molecule has 2 rings (SSSR count). The molecule has 6 nitrogen and oxygen atoms in total. The van der Waals surface area contributed by atoms with Crippen LogP contribution in [0.5, 0.6) is 0 Å². The van der Waals surface area contributed by atoms with E-state index in [4.69, 9.17) is 0 Å². The Balaban J connectivity index is 2.15. The molecule has 0 bridgehead atoms. The lowest BCUT2D eigenvalue weighted by Crippen LogP contribution is -2.36. The van der Waals surface area contributed by atoms with Crippen LogP contribution in [0.25, 0.3) is 0 Å². The highest BCUT2D eigenvalue weighted by Gasteiger charge is 2.34. The molecule has 1 amide bonds. The lowest BCUT2D eigenvalue weighted by atomic mass is 10.1. The number of amides is 1. The van der Waals surface area contributed by atoms with E-state index in [9.17, 15) is 22.4 Å². The van der Waals surface area contributed by atoms with Crippen LogP contribution in [-0.2, 0) is 24.2 Å². The Morgan fingerprint density at radius 2 is 2.00 bits per heavy atom. The van der Waals surface area contributed by atoms with Crippen LogP contribution in [0.2, 0.25) is 0 Å². The molecule has 1 aliphatic rings. The van der Waals surface area contributed by atoms with Crippen LogP contribution >= 0.6 is 0 Å². The Morgan fingerprint density at radius 1 is 1.30 bits per heavy atom. The van der Waals surface area contributed by atoms with Crippen molar-refractivity contribution in [2.75, 3.05) is 25.4 Å². The first-order chi connectivity index (χ1) is 10.8. The van der Waals surface area contributed by atoms with Crippen molar-refractivity contribution < 1.29 is 27.1 Å².